The number of nitrogens with one attached hydrogen (secondary N) is 1. The number of amides is 1. The number of carbonyl (C=O) groups excluding carboxylic acids is 1. The molecule has 2 aromatic rings. The molecule has 1 N–H and O–H groups in total. The number of rotatable bonds is 8. The van der Waals surface area contributed by atoms with Crippen molar-refractivity contribution in [3.05, 3.63) is 58.9 Å². The molecule has 2 fully saturated rings. The first-order chi connectivity index (χ1) is 15.6. The van der Waals surface area contributed by atoms with Crippen LogP contribution in [0.15, 0.2) is 36.7 Å². The molecule has 2 saturated heterocycles. The summed E-state index contributed by atoms with van der Waals surface area (Å²) in [7, 11) is 0. The number of aromatic nitrogens is 1. The molecule has 1 aromatic heterocycles. The van der Waals surface area contributed by atoms with Crippen LogP contribution in [0.1, 0.15) is 33.5 Å². The molecule has 0 saturated carbocycles. The molecule has 0 radical (unpaired) electrons. The molecule has 0 spiro atoms. The van der Waals surface area contributed by atoms with Crippen LogP contribution in [-0.2, 0) is 16.1 Å². The summed E-state index contributed by atoms with van der Waals surface area (Å²) in [6.45, 7) is 9.89. The van der Waals surface area contributed by atoms with E-state index in [2.05, 4.69) is 15.2 Å². The Balaban J connectivity index is 1.39. The van der Waals surface area contributed by atoms with Crippen molar-refractivity contribution in [1.82, 2.24) is 15.2 Å². The summed E-state index contributed by atoms with van der Waals surface area (Å²) >= 11 is 0. The van der Waals surface area contributed by atoms with E-state index in [1.807, 2.05) is 38.1 Å². The Labute approximate surface area is 190 Å². The van der Waals surface area contributed by atoms with Gasteiger partial charge in [-0.15, -0.1) is 0 Å². The van der Waals surface area contributed by atoms with Crippen molar-refractivity contribution in [2.75, 3.05) is 46.1 Å². The molecular weight excluding hydrogens is 406 g/mol. The Morgan fingerprint density at radius 2 is 2.00 bits per heavy atom. The van der Waals surface area contributed by atoms with Crippen LogP contribution < -0.4 is 10.1 Å². The summed E-state index contributed by atoms with van der Waals surface area (Å²) in [5, 5.41) is 3.18. The average Bonchev–Trinajstić information content (AvgIpc) is 3.34. The third kappa shape index (κ3) is 5.65. The second-order valence-electron chi connectivity index (χ2n) is 8.64. The molecule has 2 atom stereocenters. The molecule has 0 bridgehead atoms. The van der Waals surface area contributed by atoms with Gasteiger partial charge in [-0.05, 0) is 49.6 Å². The fraction of sp³-hybridized carbons (Fsp3) is 0.520. The standard InChI is InChI=1S/C25H33N3O4/c1-18-12-22(13-19(2)24(18)32-16-20-4-3-6-26-14-20)25(29)27-15-23(21-5-9-31-17-21)28-7-10-30-11-8-28/h3-4,6,12-14,21,23H,5,7-11,15-17H2,1-2H3,(H,27,29). The predicted molar refractivity (Wildman–Crippen MR) is 122 cm³/mol. The van der Waals surface area contributed by atoms with Crippen molar-refractivity contribution in [1.29, 1.82) is 0 Å². The van der Waals surface area contributed by atoms with Gasteiger partial charge in [-0.1, -0.05) is 6.07 Å². The minimum atomic E-state index is -0.0489. The molecule has 0 aliphatic carbocycles. The minimum Gasteiger partial charge on any atom is -0.488 e. The molecule has 3 heterocycles. The molecule has 7 nitrogen and oxygen atoms in total. The molecule has 172 valence electrons. The number of hydrogen-bond donors (Lipinski definition) is 1. The van der Waals surface area contributed by atoms with Crippen LogP contribution in [0, 0.1) is 19.8 Å². The molecule has 1 amide bonds. The second-order valence-corrected chi connectivity index (χ2v) is 8.64. The van der Waals surface area contributed by atoms with E-state index in [0.717, 1.165) is 68.4 Å². The lowest BCUT2D eigenvalue weighted by Gasteiger charge is -2.37. The first-order valence-electron chi connectivity index (χ1n) is 11.4. The number of morpholine rings is 1. The highest BCUT2D eigenvalue weighted by Gasteiger charge is 2.31. The van der Waals surface area contributed by atoms with Gasteiger partial charge in [0.1, 0.15) is 12.4 Å². The maximum atomic E-state index is 13.0. The summed E-state index contributed by atoms with van der Waals surface area (Å²) in [6.07, 6.45) is 4.59. The normalized spacial score (nSPS) is 20.1. The molecular formula is C25H33N3O4. The van der Waals surface area contributed by atoms with Crippen molar-refractivity contribution < 1.29 is 19.0 Å². The second kappa shape index (κ2) is 10.9. The number of nitrogens with zero attached hydrogens (tertiary/aromatic N) is 2. The molecule has 7 heteroatoms. The highest BCUT2D eigenvalue weighted by molar-refractivity contribution is 5.94. The van der Waals surface area contributed by atoms with E-state index in [0.29, 0.717) is 24.6 Å². The van der Waals surface area contributed by atoms with E-state index in [9.17, 15) is 4.79 Å². The zero-order chi connectivity index (χ0) is 22.3. The predicted octanol–water partition coefficient (Wildman–Crippen LogP) is 2.74. The van der Waals surface area contributed by atoms with Gasteiger partial charge >= 0.3 is 0 Å². The van der Waals surface area contributed by atoms with Gasteiger partial charge in [0.05, 0.1) is 19.8 Å². The monoisotopic (exact) mass is 439 g/mol. The van der Waals surface area contributed by atoms with Gasteiger partial charge in [0.15, 0.2) is 0 Å². The fourth-order valence-electron chi connectivity index (χ4n) is 4.61. The van der Waals surface area contributed by atoms with Crippen molar-refractivity contribution in [2.45, 2.75) is 32.9 Å². The quantitative estimate of drug-likeness (QED) is 0.682. The average molecular weight is 440 g/mol. The minimum absolute atomic E-state index is 0.0489. The molecule has 2 aliphatic heterocycles. The van der Waals surface area contributed by atoms with Gasteiger partial charge in [-0.25, -0.2) is 0 Å². The number of hydrogen-bond acceptors (Lipinski definition) is 6. The smallest absolute Gasteiger partial charge is 0.251 e. The fourth-order valence-corrected chi connectivity index (χ4v) is 4.61. The van der Waals surface area contributed by atoms with E-state index in [4.69, 9.17) is 14.2 Å². The lowest BCUT2D eigenvalue weighted by molar-refractivity contribution is 0.00166. The van der Waals surface area contributed by atoms with Gasteiger partial charge in [-0.2, -0.15) is 0 Å². The zero-order valence-electron chi connectivity index (χ0n) is 19.0. The van der Waals surface area contributed by atoms with Gasteiger partial charge in [0, 0.05) is 61.7 Å². The molecule has 2 aliphatic rings. The number of aryl methyl sites for hydroxylation is 2. The number of pyridine rings is 1. The maximum absolute atomic E-state index is 13.0. The molecule has 2 unspecified atom stereocenters. The topological polar surface area (TPSA) is 72.9 Å². The van der Waals surface area contributed by atoms with E-state index >= 15 is 0 Å². The van der Waals surface area contributed by atoms with Crippen LogP contribution >= 0.6 is 0 Å². The lowest BCUT2D eigenvalue weighted by atomic mass is 9.96. The van der Waals surface area contributed by atoms with Crippen LogP contribution in [-0.4, -0.2) is 67.9 Å². The first-order valence-corrected chi connectivity index (χ1v) is 11.4. The summed E-state index contributed by atoms with van der Waals surface area (Å²) in [4.78, 5) is 19.6. The Kier molecular flexibility index (Phi) is 7.73. The third-order valence-electron chi connectivity index (χ3n) is 6.32. The van der Waals surface area contributed by atoms with Gasteiger partial charge in [0.2, 0.25) is 0 Å². The lowest BCUT2D eigenvalue weighted by Crippen LogP contribution is -2.52. The van der Waals surface area contributed by atoms with Crippen LogP contribution in [0.25, 0.3) is 0 Å². The van der Waals surface area contributed by atoms with Crippen molar-refractivity contribution in [3.8, 4) is 5.75 Å². The van der Waals surface area contributed by atoms with Crippen LogP contribution in [0.3, 0.4) is 0 Å². The van der Waals surface area contributed by atoms with Crippen molar-refractivity contribution in [3.63, 3.8) is 0 Å². The highest BCUT2D eigenvalue weighted by atomic mass is 16.5. The molecule has 1 aromatic carbocycles. The van der Waals surface area contributed by atoms with Gasteiger partial charge in [0.25, 0.3) is 5.91 Å². The van der Waals surface area contributed by atoms with Crippen LogP contribution in [0.4, 0.5) is 0 Å². The van der Waals surface area contributed by atoms with Crippen molar-refractivity contribution in [2.24, 2.45) is 5.92 Å². The first kappa shape index (κ1) is 22.7. The summed E-state index contributed by atoms with van der Waals surface area (Å²) < 4.78 is 17.2. The summed E-state index contributed by atoms with van der Waals surface area (Å²) in [6, 6.07) is 7.97. The van der Waals surface area contributed by atoms with Crippen LogP contribution in [0.5, 0.6) is 5.75 Å². The van der Waals surface area contributed by atoms with E-state index in [1.165, 1.54) is 0 Å². The van der Waals surface area contributed by atoms with E-state index in [1.54, 1.807) is 12.4 Å². The van der Waals surface area contributed by atoms with Gasteiger partial charge in [-0.3, -0.25) is 14.7 Å². The third-order valence-corrected chi connectivity index (χ3v) is 6.32. The summed E-state index contributed by atoms with van der Waals surface area (Å²) in [5.41, 5.74) is 3.58. The highest BCUT2D eigenvalue weighted by Crippen LogP contribution is 2.26. The largest absolute Gasteiger partial charge is 0.488 e. The Hall–Kier alpha value is -2.48. The summed E-state index contributed by atoms with van der Waals surface area (Å²) in [5.74, 6) is 1.21. The Morgan fingerprint density at radius 3 is 2.66 bits per heavy atom. The number of ether oxygens (including phenoxy) is 3. The van der Waals surface area contributed by atoms with Crippen molar-refractivity contribution >= 4 is 5.91 Å². The molecule has 32 heavy (non-hydrogen) atoms. The Bertz CT molecular complexity index is 870. The SMILES string of the molecule is Cc1cc(C(=O)NCC(C2CCOC2)N2CCOCC2)cc(C)c1OCc1cccnc1. The number of carbonyl (C=O) groups is 1. The maximum Gasteiger partial charge on any atom is 0.251 e. The van der Waals surface area contributed by atoms with E-state index < -0.39 is 0 Å². The van der Waals surface area contributed by atoms with Gasteiger partial charge < -0.3 is 19.5 Å². The van der Waals surface area contributed by atoms with E-state index in [-0.39, 0.29) is 11.9 Å². The number of benzene rings is 1. The Morgan fingerprint density at radius 1 is 1.22 bits per heavy atom. The zero-order valence-corrected chi connectivity index (χ0v) is 19.0. The molecule has 4 rings (SSSR count). The van der Waals surface area contributed by atoms with Crippen LogP contribution in [0.2, 0.25) is 0 Å².